The van der Waals surface area contributed by atoms with Gasteiger partial charge in [0.25, 0.3) is 0 Å². The smallest absolute Gasteiger partial charge is 0.0645 e. The first-order chi connectivity index (χ1) is 9.94. The van der Waals surface area contributed by atoms with E-state index in [9.17, 15) is 0 Å². The van der Waals surface area contributed by atoms with E-state index in [-0.39, 0.29) is 5.54 Å². The van der Waals surface area contributed by atoms with Crippen LogP contribution in [0.3, 0.4) is 0 Å². The van der Waals surface area contributed by atoms with Crippen LogP contribution in [0.4, 0.5) is 0 Å². The van der Waals surface area contributed by atoms with Gasteiger partial charge in [-0.05, 0) is 37.9 Å². The van der Waals surface area contributed by atoms with Crippen LogP contribution in [0, 0.1) is 0 Å². The number of morpholine rings is 1. The lowest BCUT2D eigenvalue weighted by atomic mass is 9.97. The van der Waals surface area contributed by atoms with E-state index in [1.54, 1.807) is 0 Å². The first kappa shape index (κ1) is 16.5. The van der Waals surface area contributed by atoms with Crippen LogP contribution in [0.2, 0.25) is 0 Å². The number of hydrogen-bond donors (Lipinski definition) is 1. The highest BCUT2D eigenvalue weighted by atomic mass is 16.5. The first-order valence-electron chi connectivity index (χ1n) is 8.04. The Hall–Kier alpha value is -0.900. The van der Waals surface area contributed by atoms with Crippen LogP contribution in [0.15, 0.2) is 24.3 Å². The van der Waals surface area contributed by atoms with Crippen molar-refractivity contribution < 1.29 is 4.74 Å². The first-order valence-corrected chi connectivity index (χ1v) is 8.04. The molecule has 1 aromatic rings. The molecule has 0 radical (unpaired) electrons. The summed E-state index contributed by atoms with van der Waals surface area (Å²) in [6, 6.07) is 9.42. The molecule has 0 spiro atoms. The zero-order chi connectivity index (χ0) is 15.5. The predicted octanol–water partition coefficient (Wildman–Crippen LogP) is 3.18. The van der Waals surface area contributed by atoms with Gasteiger partial charge in [0.1, 0.15) is 0 Å². The minimum atomic E-state index is 0.116. The Bertz CT molecular complexity index is 439. The summed E-state index contributed by atoms with van der Waals surface area (Å²) < 4.78 is 5.62. The van der Waals surface area contributed by atoms with Crippen molar-refractivity contribution in [1.29, 1.82) is 0 Å². The second kappa shape index (κ2) is 6.91. The molecule has 1 saturated heterocycles. The largest absolute Gasteiger partial charge is 0.378 e. The van der Waals surface area contributed by atoms with Crippen LogP contribution >= 0.6 is 0 Å². The molecule has 1 aromatic carbocycles. The number of rotatable bonds is 5. The van der Waals surface area contributed by atoms with Crippen LogP contribution in [0.25, 0.3) is 0 Å². The normalized spacial score (nSPS) is 20.7. The van der Waals surface area contributed by atoms with Crippen LogP contribution in [-0.4, -0.2) is 43.8 Å². The Morgan fingerprint density at radius 2 is 1.81 bits per heavy atom. The second-order valence-corrected chi connectivity index (χ2v) is 6.97. The molecular weight excluding hydrogens is 260 g/mol. The molecule has 0 bridgehead atoms. The zero-order valence-corrected chi connectivity index (χ0v) is 14.1. The van der Waals surface area contributed by atoms with Gasteiger partial charge in [-0.3, -0.25) is 4.90 Å². The number of benzene rings is 1. The van der Waals surface area contributed by atoms with Crippen LogP contribution < -0.4 is 5.32 Å². The monoisotopic (exact) mass is 290 g/mol. The van der Waals surface area contributed by atoms with E-state index in [1.807, 2.05) is 0 Å². The van der Waals surface area contributed by atoms with Crippen molar-refractivity contribution in [1.82, 2.24) is 10.2 Å². The molecule has 0 amide bonds. The lowest BCUT2D eigenvalue weighted by Gasteiger charge is -2.43. The maximum atomic E-state index is 5.62. The van der Waals surface area contributed by atoms with Gasteiger partial charge in [0.2, 0.25) is 0 Å². The molecule has 21 heavy (non-hydrogen) atoms. The number of likely N-dealkylation sites (N-methyl/N-ethyl adjacent to an activating group) is 1. The molecule has 3 nitrogen and oxygen atoms in total. The summed E-state index contributed by atoms with van der Waals surface area (Å²) in [5.74, 6) is 0.588. The lowest BCUT2D eigenvalue weighted by molar-refractivity contribution is -0.0543. The summed E-state index contributed by atoms with van der Waals surface area (Å²) in [5, 5.41) is 3.47. The van der Waals surface area contributed by atoms with Gasteiger partial charge in [0.15, 0.2) is 0 Å². The van der Waals surface area contributed by atoms with Gasteiger partial charge in [-0.25, -0.2) is 0 Å². The number of nitrogens with one attached hydrogen (secondary N) is 1. The summed E-state index contributed by atoms with van der Waals surface area (Å²) in [5.41, 5.74) is 2.88. The molecule has 1 heterocycles. The highest BCUT2D eigenvalue weighted by Gasteiger charge is 2.31. The Balaban J connectivity index is 2.08. The molecular formula is C18H30N2O. The molecule has 1 aliphatic heterocycles. The van der Waals surface area contributed by atoms with Crippen molar-refractivity contribution >= 4 is 0 Å². The summed E-state index contributed by atoms with van der Waals surface area (Å²) in [7, 11) is 2.05. The fraction of sp³-hybridized carbons (Fsp3) is 0.667. The molecule has 0 aliphatic carbocycles. The van der Waals surface area contributed by atoms with Gasteiger partial charge in [-0.1, -0.05) is 38.1 Å². The molecule has 1 fully saturated rings. The number of ether oxygens (including phenoxy) is 1. The number of hydrogen-bond acceptors (Lipinski definition) is 3. The molecule has 0 saturated carbocycles. The van der Waals surface area contributed by atoms with Crippen molar-refractivity contribution in [2.45, 2.75) is 45.2 Å². The Morgan fingerprint density at radius 3 is 2.33 bits per heavy atom. The third-order valence-electron chi connectivity index (χ3n) is 4.57. The van der Waals surface area contributed by atoms with Crippen molar-refractivity contribution in [3.05, 3.63) is 35.4 Å². The average Bonchev–Trinajstić information content (AvgIpc) is 2.46. The summed E-state index contributed by atoms with van der Waals surface area (Å²) in [4.78, 5) is 2.54. The molecule has 0 aromatic heterocycles. The van der Waals surface area contributed by atoms with E-state index in [0.29, 0.717) is 12.0 Å². The van der Waals surface area contributed by atoms with Crippen molar-refractivity contribution in [2.24, 2.45) is 0 Å². The molecule has 1 N–H and O–H groups in total. The summed E-state index contributed by atoms with van der Waals surface area (Å²) in [6.07, 6.45) is 0. The Morgan fingerprint density at radius 1 is 1.19 bits per heavy atom. The van der Waals surface area contributed by atoms with E-state index in [1.165, 1.54) is 11.1 Å². The fourth-order valence-electron chi connectivity index (χ4n) is 2.93. The summed E-state index contributed by atoms with van der Waals surface area (Å²) in [6.45, 7) is 12.7. The van der Waals surface area contributed by atoms with Gasteiger partial charge in [0, 0.05) is 24.7 Å². The maximum absolute atomic E-state index is 5.62. The van der Waals surface area contributed by atoms with Gasteiger partial charge in [-0.15, -0.1) is 0 Å². The van der Waals surface area contributed by atoms with Gasteiger partial charge in [0.05, 0.1) is 13.2 Å². The van der Waals surface area contributed by atoms with E-state index >= 15 is 0 Å². The van der Waals surface area contributed by atoms with E-state index < -0.39 is 0 Å². The Labute approximate surface area is 129 Å². The Kier molecular flexibility index (Phi) is 5.42. The minimum absolute atomic E-state index is 0.116. The molecule has 1 aliphatic rings. The molecule has 3 heteroatoms. The molecule has 1 atom stereocenters. The van der Waals surface area contributed by atoms with Crippen molar-refractivity contribution in [3.63, 3.8) is 0 Å². The maximum Gasteiger partial charge on any atom is 0.0645 e. The van der Waals surface area contributed by atoms with Crippen LogP contribution in [-0.2, 0) is 4.74 Å². The molecule has 118 valence electrons. The van der Waals surface area contributed by atoms with Gasteiger partial charge in [-0.2, -0.15) is 0 Å². The fourth-order valence-corrected chi connectivity index (χ4v) is 2.93. The van der Waals surface area contributed by atoms with E-state index in [0.717, 1.165) is 26.3 Å². The lowest BCUT2D eigenvalue weighted by Crippen LogP contribution is -2.54. The third-order valence-corrected chi connectivity index (χ3v) is 4.57. The SMILES string of the molecule is CNC(CN1CCOCC1(C)C)c1ccc(C(C)C)cc1. The topological polar surface area (TPSA) is 24.5 Å². The predicted molar refractivity (Wildman–Crippen MR) is 88.8 cm³/mol. The van der Waals surface area contributed by atoms with Gasteiger partial charge < -0.3 is 10.1 Å². The van der Waals surface area contributed by atoms with Crippen LogP contribution in [0.1, 0.15) is 50.8 Å². The second-order valence-electron chi connectivity index (χ2n) is 6.97. The van der Waals surface area contributed by atoms with E-state index in [2.05, 4.69) is 69.2 Å². The zero-order valence-electron chi connectivity index (χ0n) is 14.1. The average molecular weight is 290 g/mol. The van der Waals surface area contributed by atoms with Crippen molar-refractivity contribution in [2.75, 3.05) is 33.4 Å². The van der Waals surface area contributed by atoms with E-state index in [4.69, 9.17) is 4.74 Å². The van der Waals surface area contributed by atoms with Crippen molar-refractivity contribution in [3.8, 4) is 0 Å². The quantitative estimate of drug-likeness (QED) is 0.901. The molecule has 2 rings (SSSR count). The molecule has 1 unspecified atom stereocenters. The number of nitrogens with zero attached hydrogens (tertiary/aromatic N) is 1. The third kappa shape index (κ3) is 4.06. The highest BCUT2D eigenvalue weighted by Crippen LogP contribution is 2.24. The van der Waals surface area contributed by atoms with Crippen LogP contribution in [0.5, 0.6) is 0 Å². The van der Waals surface area contributed by atoms with Gasteiger partial charge >= 0.3 is 0 Å². The minimum Gasteiger partial charge on any atom is -0.378 e. The highest BCUT2D eigenvalue weighted by molar-refractivity contribution is 5.27. The summed E-state index contributed by atoms with van der Waals surface area (Å²) >= 11 is 0. The standard InChI is InChI=1S/C18H30N2O/c1-14(2)15-6-8-16(9-7-15)17(19-5)12-20-10-11-21-13-18(20,3)4/h6-9,14,17,19H,10-13H2,1-5H3.